The molecule has 0 aromatic rings. The van der Waals surface area contributed by atoms with Crippen LogP contribution in [0.1, 0.15) is 39.0 Å². The van der Waals surface area contributed by atoms with Crippen LogP contribution in [-0.2, 0) is 0 Å². The highest BCUT2D eigenvalue weighted by Gasteiger charge is 2.57. The van der Waals surface area contributed by atoms with Crippen LogP contribution < -0.4 is 0 Å². The summed E-state index contributed by atoms with van der Waals surface area (Å²) in [7, 11) is 0. The molecule has 6 heteroatoms. The Balaban J connectivity index is 2.81. The van der Waals surface area contributed by atoms with E-state index in [0.717, 1.165) is 18.9 Å². The summed E-state index contributed by atoms with van der Waals surface area (Å²) in [5.74, 6) is -4.15. The summed E-state index contributed by atoms with van der Waals surface area (Å²) in [6.07, 6.45) is 0.496. The van der Waals surface area contributed by atoms with Crippen LogP contribution in [0, 0.1) is 0 Å². The fourth-order valence-corrected chi connectivity index (χ4v) is 2.12. The van der Waals surface area contributed by atoms with Gasteiger partial charge in [0.2, 0.25) is 6.17 Å². The number of hydrogen-bond acceptors (Lipinski definition) is 1. The summed E-state index contributed by atoms with van der Waals surface area (Å²) >= 11 is 0. The summed E-state index contributed by atoms with van der Waals surface area (Å²) in [4.78, 5) is 0.554. The van der Waals surface area contributed by atoms with Gasteiger partial charge >= 0.3 is 12.0 Å². The van der Waals surface area contributed by atoms with Gasteiger partial charge < -0.3 is 0 Å². The van der Waals surface area contributed by atoms with Gasteiger partial charge in [-0.25, -0.2) is 9.29 Å². The molecule has 1 rings (SSSR count). The van der Waals surface area contributed by atoms with Crippen molar-refractivity contribution in [3.8, 4) is 0 Å². The molecule has 0 amide bonds. The number of rotatable bonds is 5. The Kier molecular flexibility index (Phi) is 5.77. The molecular weight excluding hydrogens is 265 g/mol. The maximum Gasteiger partial charge on any atom is 0.342 e. The largest absolute Gasteiger partial charge is 0.342 e. The lowest BCUT2D eigenvalue weighted by atomic mass is 10.1. The molecule has 0 saturated carbocycles. The minimum Gasteiger partial charge on any atom is -0.242 e. The lowest BCUT2D eigenvalue weighted by molar-refractivity contribution is -0.236. The van der Waals surface area contributed by atoms with E-state index in [-0.39, 0.29) is 25.6 Å². The number of allylic oxidation sites excluding steroid dienone is 2. The average molecular weight is 285 g/mol. The van der Waals surface area contributed by atoms with Gasteiger partial charge in [0.05, 0.1) is 0 Å². The summed E-state index contributed by atoms with van der Waals surface area (Å²) < 4.78 is 68.1. The average Bonchev–Trinajstić information content (AvgIpc) is 2.64. The highest BCUT2D eigenvalue weighted by Crippen LogP contribution is 2.38. The maximum absolute atomic E-state index is 13.8. The van der Waals surface area contributed by atoms with Gasteiger partial charge in [-0.1, -0.05) is 25.8 Å². The Morgan fingerprint density at radius 2 is 1.58 bits per heavy atom. The second kappa shape index (κ2) is 6.68. The van der Waals surface area contributed by atoms with Crippen LogP contribution in [0.3, 0.4) is 0 Å². The van der Waals surface area contributed by atoms with Crippen LogP contribution >= 0.6 is 0 Å². The van der Waals surface area contributed by atoms with Crippen LogP contribution in [0.15, 0.2) is 12.2 Å². The van der Waals surface area contributed by atoms with Gasteiger partial charge in [0.15, 0.2) is 0 Å². The molecule has 1 aliphatic rings. The van der Waals surface area contributed by atoms with E-state index < -0.39 is 18.1 Å². The lowest BCUT2D eigenvalue weighted by Crippen LogP contribution is -2.54. The summed E-state index contributed by atoms with van der Waals surface area (Å²) in [6, 6.07) is -4.13. The Labute approximate surface area is 110 Å². The van der Waals surface area contributed by atoms with E-state index in [9.17, 15) is 22.0 Å². The van der Waals surface area contributed by atoms with Crippen LogP contribution in [0.5, 0.6) is 0 Å². The molecule has 0 N–H and O–H groups in total. The number of alkyl halides is 5. The summed E-state index contributed by atoms with van der Waals surface area (Å²) in [5.41, 5.74) is 0. The van der Waals surface area contributed by atoms with Crippen molar-refractivity contribution in [3.63, 3.8) is 0 Å². The Hall–Kier alpha value is -0.650. The first-order valence-electron chi connectivity index (χ1n) is 6.64. The molecule has 1 unspecified atom stereocenters. The quantitative estimate of drug-likeness (QED) is 0.411. The summed E-state index contributed by atoms with van der Waals surface area (Å²) in [6.45, 7) is 1.49. The van der Waals surface area contributed by atoms with Crippen molar-refractivity contribution in [2.45, 2.75) is 57.2 Å². The van der Waals surface area contributed by atoms with Crippen molar-refractivity contribution in [1.82, 2.24) is 4.90 Å². The molecule has 0 aromatic carbocycles. The van der Waals surface area contributed by atoms with Crippen molar-refractivity contribution in [1.29, 1.82) is 0 Å². The van der Waals surface area contributed by atoms with E-state index in [1.807, 2.05) is 0 Å². The zero-order valence-electron chi connectivity index (χ0n) is 11.0. The molecule has 19 heavy (non-hydrogen) atoms. The first kappa shape index (κ1) is 16.4. The van der Waals surface area contributed by atoms with E-state index in [0.29, 0.717) is 17.7 Å². The Morgan fingerprint density at radius 1 is 1.05 bits per heavy atom. The molecule has 0 spiro atoms. The first-order valence-corrected chi connectivity index (χ1v) is 6.64. The molecule has 1 aliphatic heterocycles. The zero-order chi connectivity index (χ0) is 14.5. The van der Waals surface area contributed by atoms with Crippen molar-refractivity contribution in [2.75, 3.05) is 13.1 Å². The second-order valence-electron chi connectivity index (χ2n) is 4.84. The van der Waals surface area contributed by atoms with E-state index in [2.05, 4.69) is 0 Å². The normalized spacial score (nSPS) is 21.6. The Bertz CT molecular complexity index is 295. The third-order valence-corrected chi connectivity index (χ3v) is 3.25. The fourth-order valence-electron chi connectivity index (χ4n) is 2.12. The van der Waals surface area contributed by atoms with Crippen LogP contribution in [-0.4, -0.2) is 36.1 Å². The van der Waals surface area contributed by atoms with Crippen molar-refractivity contribution in [3.05, 3.63) is 12.2 Å². The van der Waals surface area contributed by atoms with Gasteiger partial charge in [0.25, 0.3) is 0 Å². The molecule has 1 saturated heterocycles. The minimum absolute atomic E-state index is 0.0407. The number of halogens is 5. The first-order chi connectivity index (χ1) is 8.82. The molecule has 1 nitrogen and oxygen atoms in total. The van der Waals surface area contributed by atoms with Crippen molar-refractivity contribution in [2.24, 2.45) is 0 Å². The second-order valence-corrected chi connectivity index (χ2v) is 4.84. The van der Waals surface area contributed by atoms with Crippen molar-refractivity contribution < 1.29 is 22.0 Å². The molecule has 0 aliphatic carbocycles. The van der Waals surface area contributed by atoms with Gasteiger partial charge in [0, 0.05) is 13.1 Å². The van der Waals surface area contributed by atoms with Crippen molar-refractivity contribution >= 4 is 0 Å². The molecule has 112 valence electrons. The predicted octanol–water partition coefficient (Wildman–Crippen LogP) is 4.39. The van der Waals surface area contributed by atoms with Crippen LogP contribution in [0.4, 0.5) is 22.0 Å². The highest BCUT2D eigenvalue weighted by molar-refractivity contribution is 5.03. The predicted molar refractivity (Wildman–Crippen MR) is 64.3 cm³/mol. The van der Waals surface area contributed by atoms with E-state index in [1.54, 1.807) is 6.92 Å². The highest BCUT2D eigenvalue weighted by atomic mass is 19.3. The molecule has 0 bridgehead atoms. The van der Waals surface area contributed by atoms with Crippen LogP contribution in [0.25, 0.3) is 0 Å². The van der Waals surface area contributed by atoms with Crippen LogP contribution in [0.2, 0.25) is 0 Å². The van der Waals surface area contributed by atoms with E-state index in [4.69, 9.17) is 0 Å². The summed E-state index contributed by atoms with van der Waals surface area (Å²) in [5, 5.41) is 0. The smallest absolute Gasteiger partial charge is 0.242 e. The van der Waals surface area contributed by atoms with Gasteiger partial charge in [-0.05, 0) is 25.3 Å². The van der Waals surface area contributed by atoms with Gasteiger partial charge in [-0.15, -0.1) is 0 Å². The third-order valence-electron chi connectivity index (χ3n) is 3.25. The number of likely N-dealkylation sites (tertiary alicyclic amines) is 1. The molecule has 1 fully saturated rings. The minimum atomic E-state index is -4.15. The van der Waals surface area contributed by atoms with E-state index in [1.165, 1.54) is 0 Å². The molecule has 0 radical (unpaired) electrons. The maximum atomic E-state index is 13.8. The monoisotopic (exact) mass is 285 g/mol. The lowest BCUT2D eigenvalue weighted by Gasteiger charge is -2.34. The molecule has 0 aromatic heterocycles. The Morgan fingerprint density at radius 3 is 2.05 bits per heavy atom. The number of hydrogen-bond donors (Lipinski definition) is 0. The topological polar surface area (TPSA) is 3.24 Å². The molecular formula is C13H20F5N. The van der Waals surface area contributed by atoms with Gasteiger partial charge in [-0.3, -0.25) is 0 Å². The standard InChI is InChI=1S/C13H20F5N/c1-2-3-8-12(15,16)11(14)13(17,18)19-9-6-4-5-7-10-19/h3,8,11H,2,4-7,9-10H2,1H3/b8-3-. The SMILES string of the molecule is CC/C=C\C(F)(F)C(F)C(F)(F)N1CCCCCC1. The fraction of sp³-hybridized carbons (Fsp3) is 0.846. The zero-order valence-corrected chi connectivity index (χ0v) is 11.0. The third kappa shape index (κ3) is 4.16. The van der Waals surface area contributed by atoms with E-state index >= 15 is 0 Å². The number of nitrogens with zero attached hydrogens (tertiary/aromatic N) is 1. The van der Waals surface area contributed by atoms with Gasteiger partial charge in [-0.2, -0.15) is 17.6 Å². The molecule has 1 atom stereocenters. The van der Waals surface area contributed by atoms with Gasteiger partial charge in [0.1, 0.15) is 0 Å². The molecule has 1 heterocycles.